The zero-order chi connectivity index (χ0) is 24.2. The number of sulfonamides is 1. The first-order valence-corrected chi connectivity index (χ1v) is 12.7. The molecule has 1 amide bonds. The van der Waals surface area contributed by atoms with Crippen LogP contribution in [0.25, 0.3) is 10.2 Å². The Labute approximate surface area is 196 Å². The van der Waals surface area contributed by atoms with Crippen molar-refractivity contribution in [3.05, 3.63) is 54.1 Å². The van der Waals surface area contributed by atoms with Crippen LogP contribution in [-0.2, 0) is 16.4 Å². The third kappa shape index (κ3) is 6.41. The lowest BCUT2D eigenvalue weighted by atomic mass is 10.0. The normalized spacial score (nSPS) is 14.0. The second-order valence-corrected chi connectivity index (χ2v) is 11.2. The first-order chi connectivity index (χ1) is 15.6. The van der Waals surface area contributed by atoms with Gasteiger partial charge < -0.3 is 21.3 Å². The van der Waals surface area contributed by atoms with E-state index in [9.17, 15) is 23.4 Å². The fourth-order valence-corrected chi connectivity index (χ4v) is 6.05. The van der Waals surface area contributed by atoms with E-state index in [1.54, 1.807) is 6.07 Å². The summed E-state index contributed by atoms with van der Waals surface area (Å²) in [5.41, 5.74) is 7.17. The highest BCUT2D eigenvalue weighted by molar-refractivity contribution is 7.89. The van der Waals surface area contributed by atoms with Crippen molar-refractivity contribution in [3.63, 3.8) is 0 Å². The van der Waals surface area contributed by atoms with Gasteiger partial charge in [-0.2, -0.15) is 4.31 Å². The lowest BCUT2D eigenvalue weighted by Crippen LogP contribution is -2.50. The highest BCUT2D eigenvalue weighted by Crippen LogP contribution is 2.28. The summed E-state index contributed by atoms with van der Waals surface area (Å²) in [6.07, 6.45) is -2.34. The van der Waals surface area contributed by atoms with Gasteiger partial charge in [-0.1, -0.05) is 55.5 Å². The van der Waals surface area contributed by atoms with E-state index in [4.69, 9.17) is 5.73 Å². The summed E-state index contributed by atoms with van der Waals surface area (Å²) in [4.78, 5) is 15.6. The Morgan fingerprint density at radius 1 is 1.18 bits per heavy atom. The molecule has 0 bridgehead atoms. The Kier molecular flexibility index (Phi) is 7.90. The number of anilines is 1. The number of hydrogen-bond acceptors (Lipinski definition) is 7. The van der Waals surface area contributed by atoms with Gasteiger partial charge >= 0.3 is 6.09 Å². The van der Waals surface area contributed by atoms with E-state index >= 15 is 0 Å². The molecule has 0 aliphatic rings. The molecule has 0 aliphatic carbocycles. The SMILES string of the molecule is CC(C)CN(CC(O)C(Cc1ccccc1)NC(=O)O)S(=O)(=O)c1ccc2nc(N)sc2c1. The molecule has 3 aromatic rings. The number of hydrogen-bond donors (Lipinski definition) is 4. The maximum Gasteiger partial charge on any atom is 0.404 e. The standard InChI is InChI=1S/C22H28N4O5S2/c1-14(2)12-26(33(30,31)16-8-9-17-20(11-16)32-21(23)24-17)13-19(27)18(25-22(28)29)10-15-6-4-3-5-7-15/h3-9,11,14,18-19,25,27H,10,12-13H2,1-2H3,(H2,23,24)(H,28,29). The second kappa shape index (κ2) is 10.5. The van der Waals surface area contributed by atoms with Crippen LogP contribution in [0.5, 0.6) is 0 Å². The summed E-state index contributed by atoms with van der Waals surface area (Å²) < 4.78 is 28.8. The molecule has 1 aromatic heterocycles. The molecule has 2 unspecified atom stereocenters. The number of nitrogens with one attached hydrogen (secondary N) is 1. The summed E-state index contributed by atoms with van der Waals surface area (Å²) in [5, 5.41) is 22.9. The van der Waals surface area contributed by atoms with Crippen LogP contribution in [0.1, 0.15) is 19.4 Å². The van der Waals surface area contributed by atoms with E-state index in [-0.39, 0.29) is 30.3 Å². The number of benzene rings is 2. The Bertz CT molecular complexity index is 1200. The maximum atomic E-state index is 13.5. The fraction of sp³-hybridized carbons (Fsp3) is 0.364. The quantitative estimate of drug-likeness (QED) is 0.340. The molecule has 9 nitrogen and oxygen atoms in total. The average molecular weight is 493 g/mol. The van der Waals surface area contributed by atoms with Crippen molar-refractivity contribution in [3.8, 4) is 0 Å². The molecule has 0 saturated carbocycles. The Morgan fingerprint density at radius 3 is 2.52 bits per heavy atom. The molecule has 5 N–H and O–H groups in total. The zero-order valence-electron chi connectivity index (χ0n) is 18.4. The minimum absolute atomic E-state index is 0.0187. The van der Waals surface area contributed by atoms with Crippen LogP contribution in [0, 0.1) is 5.92 Å². The van der Waals surface area contributed by atoms with E-state index in [1.165, 1.54) is 27.8 Å². The minimum atomic E-state index is -3.97. The first kappa shape index (κ1) is 24.9. The van der Waals surface area contributed by atoms with E-state index < -0.39 is 28.3 Å². The third-order valence-corrected chi connectivity index (χ3v) is 7.72. The van der Waals surface area contributed by atoms with Crippen LogP contribution in [0.3, 0.4) is 0 Å². The molecule has 11 heteroatoms. The van der Waals surface area contributed by atoms with Crippen LogP contribution in [0.2, 0.25) is 0 Å². The highest BCUT2D eigenvalue weighted by Gasteiger charge is 2.31. The number of aromatic nitrogens is 1. The number of rotatable bonds is 10. The van der Waals surface area contributed by atoms with Gasteiger partial charge in [0.15, 0.2) is 5.13 Å². The van der Waals surface area contributed by atoms with Gasteiger partial charge in [0.1, 0.15) is 0 Å². The molecule has 2 atom stereocenters. The lowest BCUT2D eigenvalue weighted by Gasteiger charge is -2.30. The number of aliphatic hydroxyl groups excluding tert-OH is 1. The average Bonchev–Trinajstić information content (AvgIpc) is 3.12. The van der Waals surface area contributed by atoms with Crippen LogP contribution in [-0.4, -0.2) is 59.2 Å². The van der Waals surface area contributed by atoms with Crippen molar-refractivity contribution in [2.75, 3.05) is 18.8 Å². The van der Waals surface area contributed by atoms with Gasteiger partial charge in [0.05, 0.1) is 27.3 Å². The van der Waals surface area contributed by atoms with Crippen LogP contribution in [0.15, 0.2) is 53.4 Å². The molecule has 0 spiro atoms. The highest BCUT2D eigenvalue weighted by atomic mass is 32.2. The smallest absolute Gasteiger partial charge is 0.404 e. The number of aliphatic hydroxyl groups is 1. The van der Waals surface area contributed by atoms with Gasteiger partial charge in [-0.05, 0) is 36.1 Å². The van der Waals surface area contributed by atoms with E-state index in [0.717, 1.165) is 5.56 Å². The Hall–Kier alpha value is -2.73. The van der Waals surface area contributed by atoms with Crippen molar-refractivity contribution in [1.82, 2.24) is 14.6 Å². The number of thiazole rings is 1. The summed E-state index contributed by atoms with van der Waals surface area (Å²) in [5.74, 6) is -0.0187. The first-order valence-electron chi connectivity index (χ1n) is 10.4. The van der Waals surface area contributed by atoms with Crippen LogP contribution in [0.4, 0.5) is 9.93 Å². The van der Waals surface area contributed by atoms with Gasteiger partial charge in [0.25, 0.3) is 0 Å². The number of carbonyl (C=O) groups is 1. The minimum Gasteiger partial charge on any atom is -0.465 e. The molecular formula is C22H28N4O5S2. The summed E-state index contributed by atoms with van der Waals surface area (Å²) in [6, 6.07) is 12.8. The van der Waals surface area contributed by atoms with Crippen molar-refractivity contribution >= 4 is 42.8 Å². The van der Waals surface area contributed by atoms with Gasteiger partial charge in [-0.25, -0.2) is 18.2 Å². The second-order valence-electron chi connectivity index (χ2n) is 8.21. The maximum absolute atomic E-state index is 13.5. The topological polar surface area (TPSA) is 146 Å². The molecule has 2 aromatic carbocycles. The van der Waals surface area contributed by atoms with Crippen molar-refractivity contribution in [2.24, 2.45) is 5.92 Å². The molecule has 0 aliphatic heterocycles. The molecule has 0 saturated heterocycles. The van der Waals surface area contributed by atoms with E-state index in [2.05, 4.69) is 10.3 Å². The molecule has 0 fully saturated rings. The third-order valence-electron chi connectivity index (χ3n) is 5.05. The fourth-order valence-electron chi connectivity index (χ4n) is 3.56. The molecule has 178 valence electrons. The predicted octanol–water partition coefficient (Wildman–Crippen LogP) is 2.76. The number of nitrogens with two attached hydrogens (primary N) is 1. The monoisotopic (exact) mass is 492 g/mol. The van der Waals surface area contributed by atoms with E-state index in [1.807, 2.05) is 44.2 Å². The summed E-state index contributed by atoms with van der Waals surface area (Å²) in [6.45, 7) is 3.65. The zero-order valence-corrected chi connectivity index (χ0v) is 20.0. The van der Waals surface area contributed by atoms with Crippen LogP contribution < -0.4 is 11.1 Å². The molecular weight excluding hydrogens is 464 g/mol. The Balaban J connectivity index is 1.88. The number of fused-ring (bicyclic) bond motifs is 1. The number of amides is 1. The Morgan fingerprint density at radius 2 is 1.88 bits per heavy atom. The van der Waals surface area contributed by atoms with E-state index in [0.29, 0.717) is 15.3 Å². The van der Waals surface area contributed by atoms with Gasteiger partial charge in [-0.3, -0.25) is 0 Å². The number of carboxylic acid groups (broad SMARTS) is 1. The van der Waals surface area contributed by atoms with Crippen molar-refractivity contribution in [1.29, 1.82) is 0 Å². The summed E-state index contributed by atoms with van der Waals surface area (Å²) >= 11 is 1.19. The van der Waals surface area contributed by atoms with Crippen molar-refractivity contribution < 1.29 is 23.4 Å². The van der Waals surface area contributed by atoms with Gasteiger partial charge in [-0.15, -0.1) is 0 Å². The molecule has 0 radical (unpaired) electrons. The molecule has 1 heterocycles. The van der Waals surface area contributed by atoms with Crippen molar-refractivity contribution in [2.45, 2.75) is 37.3 Å². The van der Waals surface area contributed by atoms with Gasteiger partial charge in [0, 0.05) is 13.1 Å². The molecule has 33 heavy (non-hydrogen) atoms. The molecule has 3 rings (SSSR count). The summed E-state index contributed by atoms with van der Waals surface area (Å²) in [7, 11) is -3.97. The van der Waals surface area contributed by atoms with Gasteiger partial charge in [0.2, 0.25) is 10.0 Å². The largest absolute Gasteiger partial charge is 0.465 e. The number of nitrogens with zero attached hydrogens (tertiary/aromatic N) is 2. The van der Waals surface area contributed by atoms with Crippen LogP contribution >= 0.6 is 11.3 Å². The number of nitrogen functional groups attached to an aromatic ring is 1. The predicted molar refractivity (Wildman–Crippen MR) is 129 cm³/mol. The lowest BCUT2D eigenvalue weighted by molar-refractivity contribution is 0.0980.